The van der Waals surface area contributed by atoms with Gasteiger partial charge in [0.25, 0.3) is 0 Å². The van der Waals surface area contributed by atoms with E-state index in [1.807, 2.05) is 55.5 Å². The quantitative estimate of drug-likeness (QED) is 0.0992. The Hall–Kier alpha value is -3.54. The predicted molar refractivity (Wildman–Crippen MR) is 199 cm³/mol. The number of alkyl halides is 1. The Morgan fingerprint density at radius 3 is 2.67 bits per heavy atom. The molecule has 1 saturated heterocycles. The molecule has 1 aliphatic carbocycles. The zero-order valence-corrected chi connectivity index (χ0v) is 30.6. The number of aliphatic hydroxyl groups excluding tert-OH is 4. The van der Waals surface area contributed by atoms with E-state index in [2.05, 4.69) is 21.3 Å². The molecule has 2 heterocycles. The summed E-state index contributed by atoms with van der Waals surface area (Å²) in [6.45, 7) is 4.18. The maximum Gasteiger partial charge on any atom is 0.143 e. The van der Waals surface area contributed by atoms with Crippen molar-refractivity contribution in [3.8, 4) is 17.6 Å². The van der Waals surface area contributed by atoms with E-state index in [0.717, 1.165) is 11.1 Å². The number of aromatic nitrogens is 1. The maximum absolute atomic E-state index is 10.2. The van der Waals surface area contributed by atoms with Crippen molar-refractivity contribution in [3.05, 3.63) is 106 Å². The van der Waals surface area contributed by atoms with Crippen molar-refractivity contribution < 1.29 is 34.6 Å². The molecule has 278 valence electrons. The summed E-state index contributed by atoms with van der Waals surface area (Å²) < 4.78 is 19.4. The molecular formula is C39H46Cl2N4O7. The zero-order valence-electron chi connectivity index (χ0n) is 29.1. The van der Waals surface area contributed by atoms with E-state index in [-0.39, 0.29) is 32.9 Å². The standard InChI is InChI=1S/C39H46Cl2N4O7/c1-38(41)32(29-7-3-2-4-8-29)9-5-11-39(38,52-14-6-12-45-13-10-34(48)35(49)23-45)26-51-37-17-36(50-25-28-15-27(18-42)19-43-20-28)30(16-33(37)40)21-44-22-31(47)24-46/h2-5,7-9,11,15-17,19-20,31,34-35,44,46-49H,6,10,12-14,21-26H2,1H3/t31?,34-,35-,38?,39?/m0/s1. The number of β-amino-alcohol motifs (C(OH)–C–C–N with tert-alkyl or cyclic N) is 1. The number of hydrogen-bond acceptors (Lipinski definition) is 11. The van der Waals surface area contributed by atoms with Gasteiger partial charge in [0.2, 0.25) is 0 Å². The fourth-order valence-corrected chi connectivity index (χ4v) is 6.92. The third-order valence-electron chi connectivity index (χ3n) is 9.40. The van der Waals surface area contributed by atoms with Crippen LogP contribution in [0.5, 0.6) is 11.5 Å². The second kappa shape index (κ2) is 18.5. The molecule has 5 atom stereocenters. The summed E-state index contributed by atoms with van der Waals surface area (Å²) >= 11 is 14.4. The van der Waals surface area contributed by atoms with Gasteiger partial charge >= 0.3 is 0 Å². The van der Waals surface area contributed by atoms with Crippen LogP contribution in [0.2, 0.25) is 5.02 Å². The number of halogens is 2. The average Bonchev–Trinajstić information content (AvgIpc) is 3.15. The van der Waals surface area contributed by atoms with E-state index in [4.69, 9.17) is 37.4 Å². The van der Waals surface area contributed by atoms with E-state index in [0.29, 0.717) is 72.3 Å². The van der Waals surface area contributed by atoms with Crippen molar-refractivity contribution in [3.63, 3.8) is 0 Å². The SMILES string of the molecule is CC1(Cl)C(c2ccccc2)=CC=CC1(COc1cc(OCc2cncc(C#N)c2)c(CNCC(O)CO)cc1Cl)OCCCN1CC[C@H](O)[C@@H](O)C1. The number of benzene rings is 2. The minimum Gasteiger partial charge on any atom is -0.488 e. The van der Waals surface area contributed by atoms with E-state index < -0.39 is 28.8 Å². The van der Waals surface area contributed by atoms with Crippen LogP contribution in [-0.4, -0.2) is 105 Å². The van der Waals surface area contributed by atoms with Crippen LogP contribution in [0.4, 0.5) is 0 Å². The van der Waals surface area contributed by atoms with E-state index in [1.165, 1.54) is 6.20 Å². The molecule has 3 unspecified atom stereocenters. The van der Waals surface area contributed by atoms with Crippen LogP contribution in [0.25, 0.3) is 5.57 Å². The number of piperidine rings is 1. The number of likely N-dealkylation sites (tertiary alicyclic amines) is 1. The summed E-state index contributed by atoms with van der Waals surface area (Å²) in [7, 11) is 0. The third kappa shape index (κ3) is 9.90. The molecule has 2 aliphatic rings. The van der Waals surface area contributed by atoms with Gasteiger partial charge in [0, 0.05) is 68.9 Å². The Bertz CT molecular complexity index is 1740. The minimum absolute atomic E-state index is 0.00409. The van der Waals surface area contributed by atoms with Gasteiger partial charge in [-0.1, -0.05) is 54.1 Å². The smallest absolute Gasteiger partial charge is 0.143 e. The first-order valence-corrected chi connectivity index (χ1v) is 18.1. The number of nitrogens with one attached hydrogen (secondary N) is 1. The molecule has 3 aromatic rings. The van der Waals surface area contributed by atoms with Gasteiger partial charge in [-0.3, -0.25) is 4.98 Å². The molecule has 1 aromatic heterocycles. The Labute approximate surface area is 314 Å². The van der Waals surface area contributed by atoms with Gasteiger partial charge in [-0.05, 0) is 49.1 Å². The van der Waals surface area contributed by atoms with E-state index in [1.54, 1.807) is 24.4 Å². The summed E-state index contributed by atoms with van der Waals surface area (Å²) in [4.78, 5) is 5.16. The topological polar surface area (TPSA) is 161 Å². The lowest BCUT2D eigenvalue weighted by atomic mass is 9.76. The number of pyridine rings is 1. The van der Waals surface area contributed by atoms with Gasteiger partial charge in [-0.25, -0.2) is 0 Å². The number of rotatable bonds is 17. The molecule has 0 radical (unpaired) electrons. The fraction of sp³-hybridized carbons (Fsp3) is 0.436. The van der Waals surface area contributed by atoms with Crippen molar-refractivity contribution in [2.75, 3.05) is 46.0 Å². The van der Waals surface area contributed by atoms with Gasteiger partial charge in [0.1, 0.15) is 41.3 Å². The number of hydrogen-bond donors (Lipinski definition) is 5. The van der Waals surface area contributed by atoms with Crippen molar-refractivity contribution in [2.24, 2.45) is 0 Å². The van der Waals surface area contributed by atoms with Gasteiger partial charge < -0.3 is 44.9 Å². The van der Waals surface area contributed by atoms with Gasteiger partial charge in [-0.15, -0.1) is 11.6 Å². The molecule has 13 heteroatoms. The van der Waals surface area contributed by atoms with Crippen LogP contribution in [0.15, 0.2) is 79.2 Å². The maximum atomic E-state index is 10.2. The first-order chi connectivity index (χ1) is 25.0. The molecule has 0 spiro atoms. The lowest BCUT2D eigenvalue weighted by Gasteiger charge is -2.45. The summed E-state index contributed by atoms with van der Waals surface area (Å²) in [5, 5.41) is 51.9. The highest BCUT2D eigenvalue weighted by atomic mass is 35.5. The Morgan fingerprint density at radius 2 is 1.92 bits per heavy atom. The van der Waals surface area contributed by atoms with Gasteiger partial charge in [-0.2, -0.15) is 5.26 Å². The summed E-state index contributed by atoms with van der Waals surface area (Å²) in [6.07, 6.45) is 7.69. The van der Waals surface area contributed by atoms with Crippen LogP contribution in [0.3, 0.4) is 0 Å². The van der Waals surface area contributed by atoms with Crippen LogP contribution in [0.1, 0.15) is 42.0 Å². The highest BCUT2D eigenvalue weighted by Gasteiger charge is 2.51. The average molecular weight is 754 g/mol. The zero-order chi connectivity index (χ0) is 37.1. The van der Waals surface area contributed by atoms with Crippen LogP contribution in [-0.2, 0) is 17.9 Å². The highest BCUT2D eigenvalue weighted by Crippen LogP contribution is 2.47. The summed E-state index contributed by atoms with van der Waals surface area (Å²) in [6, 6.07) is 17.1. The fourth-order valence-electron chi connectivity index (χ4n) is 6.34. The number of nitriles is 1. The molecule has 11 nitrogen and oxygen atoms in total. The molecule has 1 fully saturated rings. The first-order valence-electron chi connectivity index (χ1n) is 17.3. The third-order valence-corrected chi connectivity index (χ3v) is 10.2. The van der Waals surface area contributed by atoms with Crippen molar-refractivity contribution in [1.82, 2.24) is 15.2 Å². The number of nitrogens with zero attached hydrogens (tertiary/aromatic N) is 3. The largest absolute Gasteiger partial charge is 0.488 e. The lowest BCUT2D eigenvalue weighted by Crippen LogP contribution is -2.55. The van der Waals surface area contributed by atoms with Crippen LogP contribution < -0.4 is 14.8 Å². The Morgan fingerprint density at radius 1 is 1.12 bits per heavy atom. The number of aliphatic hydroxyl groups is 4. The van der Waals surface area contributed by atoms with Crippen LogP contribution in [0, 0.1) is 11.3 Å². The number of allylic oxidation sites excluding steroid dienone is 2. The normalized spacial score (nSPS) is 23.8. The minimum atomic E-state index is -1.14. The molecule has 0 saturated carbocycles. The molecule has 0 amide bonds. The molecule has 0 bridgehead atoms. The van der Waals surface area contributed by atoms with Crippen LogP contribution >= 0.6 is 23.2 Å². The van der Waals surface area contributed by atoms with E-state index in [9.17, 15) is 25.7 Å². The first kappa shape index (κ1) is 39.7. The van der Waals surface area contributed by atoms with Crippen molar-refractivity contribution in [2.45, 2.75) is 61.7 Å². The molecule has 5 rings (SSSR count). The van der Waals surface area contributed by atoms with E-state index >= 15 is 0 Å². The monoisotopic (exact) mass is 752 g/mol. The highest BCUT2D eigenvalue weighted by molar-refractivity contribution is 6.32. The Kier molecular flexibility index (Phi) is 14.1. The van der Waals surface area contributed by atoms with Gasteiger partial charge in [0.15, 0.2) is 0 Å². The van der Waals surface area contributed by atoms with Crippen molar-refractivity contribution in [1.29, 1.82) is 5.26 Å². The molecule has 2 aromatic carbocycles. The lowest BCUT2D eigenvalue weighted by molar-refractivity contribution is -0.0611. The molecular weight excluding hydrogens is 707 g/mol. The second-order valence-electron chi connectivity index (χ2n) is 13.3. The van der Waals surface area contributed by atoms with Gasteiger partial charge in [0.05, 0.1) is 35.5 Å². The molecule has 5 N–H and O–H groups in total. The summed E-state index contributed by atoms with van der Waals surface area (Å²) in [5.41, 5.74) is 2.46. The Balaban J connectivity index is 1.38. The number of ether oxygens (including phenoxy) is 3. The molecule has 1 aliphatic heterocycles. The predicted octanol–water partition coefficient (Wildman–Crippen LogP) is 4.23. The second-order valence-corrected chi connectivity index (χ2v) is 14.4. The molecule has 52 heavy (non-hydrogen) atoms. The summed E-state index contributed by atoms with van der Waals surface area (Å²) in [5.74, 6) is 0.787. The van der Waals surface area contributed by atoms with Crippen molar-refractivity contribution >= 4 is 28.8 Å².